The number of hydrogen-bond acceptors (Lipinski definition) is 4. The summed E-state index contributed by atoms with van der Waals surface area (Å²) in [6.07, 6.45) is 4.02. The SMILES string of the molecule is CCc1ccc(Oc2ccncn2)c(N)c1. The lowest BCUT2D eigenvalue weighted by Crippen LogP contribution is -1.95. The zero-order valence-corrected chi connectivity index (χ0v) is 9.05. The van der Waals surface area contributed by atoms with Crippen molar-refractivity contribution < 1.29 is 4.74 Å². The normalized spacial score (nSPS) is 10.1. The number of hydrogen-bond donors (Lipinski definition) is 1. The Balaban J connectivity index is 2.22. The maximum absolute atomic E-state index is 5.88. The van der Waals surface area contributed by atoms with Crippen LogP contribution >= 0.6 is 0 Å². The van der Waals surface area contributed by atoms with Gasteiger partial charge < -0.3 is 10.5 Å². The van der Waals surface area contributed by atoms with Crippen LogP contribution in [0, 0.1) is 0 Å². The first-order valence-electron chi connectivity index (χ1n) is 5.12. The lowest BCUT2D eigenvalue weighted by Gasteiger charge is -2.08. The molecule has 2 rings (SSSR count). The number of ether oxygens (including phenoxy) is 1. The monoisotopic (exact) mass is 215 g/mol. The van der Waals surface area contributed by atoms with Gasteiger partial charge in [-0.15, -0.1) is 0 Å². The molecule has 0 saturated carbocycles. The topological polar surface area (TPSA) is 61.0 Å². The van der Waals surface area contributed by atoms with Crippen LogP contribution in [-0.2, 0) is 6.42 Å². The van der Waals surface area contributed by atoms with E-state index in [1.807, 2.05) is 18.2 Å². The second kappa shape index (κ2) is 4.61. The number of nitrogens with zero attached hydrogens (tertiary/aromatic N) is 2. The zero-order valence-electron chi connectivity index (χ0n) is 9.05. The molecule has 1 heterocycles. The summed E-state index contributed by atoms with van der Waals surface area (Å²) in [5, 5.41) is 0. The maximum atomic E-state index is 5.88. The van der Waals surface area contributed by atoms with E-state index >= 15 is 0 Å². The van der Waals surface area contributed by atoms with E-state index in [9.17, 15) is 0 Å². The van der Waals surface area contributed by atoms with Crippen molar-refractivity contribution in [3.8, 4) is 11.6 Å². The average molecular weight is 215 g/mol. The highest BCUT2D eigenvalue weighted by molar-refractivity contribution is 5.55. The Morgan fingerprint density at radius 1 is 1.31 bits per heavy atom. The maximum Gasteiger partial charge on any atom is 0.222 e. The summed E-state index contributed by atoms with van der Waals surface area (Å²) in [5.74, 6) is 1.11. The van der Waals surface area contributed by atoms with Gasteiger partial charge in [0.15, 0.2) is 5.75 Å². The molecule has 0 bridgehead atoms. The molecule has 0 aliphatic heterocycles. The van der Waals surface area contributed by atoms with Crippen LogP contribution in [0.15, 0.2) is 36.8 Å². The van der Waals surface area contributed by atoms with Crippen molar-refractivity contribution in [1.29, 1.82) is 0 Å². The van der Waals surface area contributed by atoms with Gasteiger partial charge in [-0.3, -0.25) is 0 Å². The van der Waals surface area contributed by atoms with Crippen molar-refractivity contribution in [1.82, 2.24) is 9.97 Å². The highest BCUT2D eigenvalue weighted by Crippen LogP contribution is 2.26. The van der Waals surface area contributed by atoms with Gasteiger partial charge in [0.2, 0.25) is 5.88 Å². The lowest BCUT2D eigenvalue weighted by molar-refractivity contribution is 0.463. The Bertz CT molecular complexity index is 471. The van der Waals surface area contributed by atoms with Crippen molar-refractivity contribution in [2.24, 2.45) is 0 Å². The highest BCUT2D eigenvalue weighted by Gasteiger charge is 2.03. The Hall–Kier alpha value is -2.10. The number of aryl methyl sites for hydroxylation is 1. The number of benzene rings is 1. The van der Waals surface area contributed by atoms with Gasteiger partial charge in [0.1, 0.15) is 6.33 Å². The summed E-state index contributed by atoms with van der Waals surface area (Å²) in [5.41, 5.74) is 7.69. The third-order valence-electron chi connectivity index (χ3n) is 2.25. The van der Waals surface area contributed by atoms with E-state index in [1.165, 1.54) is 11.9 Å². The first-order chi connectivity index (χ1) is 7.79. The fourth-order valence-electron chi connectivity index (χ4n) is 1.36. The molecular formula is C12H13N3O. The van der Waals surface area contributed by atoms with Crippen LogP contribution in [0.5, 0.6) is 11.6 Å². The Kier molecular flexibility index (Phi) is 3.00. The molecule has 1 aromatic carbocycles. The second-order valence-electron chi connectivity index (χ2n) is 3.38. The standard InChI is InChI=1S/C12H13N3O/c1-2-9-3-4-11(10(13)7-9)16-12-5-6-14-8-15-12/h3-8H,2,13H2,1H3. The molecule has 0 spiro atoms. The quantitative estimate of drug-likeness (QED) is 0.799. The number of anilines is 1. The van der Waals surface area contributed by atoms with E-state index in [0.717, 1.165) is 6.42 Å². The summed E-state index contributed by atoms with van der Waals surface area (Å²) in [6, 6.07) is 7.45. The van der Waals surface area contributed by atoms with Crippen molar-refractivity contribution in [2.75, 3.05) is 5.73 Å². The summed E-state index contributed by atoms with van der Waals surface area (Å²) < 4.78 is 5.53. The number of nitrogens with two attached hydrogens (primary N) is 1. The van der Waals surface area contributed by atoms with Crippen LogP contribution in [-0.4, -0.2) is 9.97 Å². The van der Waals surface area contributed by atoms with Crippen LogP contribution in [0.2, 0.25) is 0 Å². The predicted octanol–water partition coefficient (Wildman–Crippen LogP) is 2.41. The molecule has 0 radical (unpaired) electrons. The molecule has 0 saturated heterocycles. The fourth-order valence-corrected chi connectivity index (χ4v) is 1.36. The largest absolute Gasteiger partial charge is 0.437 e. The molecular weight excluding hydrogens is 202 g/mol. The van der Waals surface area contributed by atoms with Gasteiger partial charge in [-0.25, -0.2) is 9.97 Å². The zero-order chi connectivity index (χ0) is 11.4. The third kappa shape index (κ3) is 2.28. The third-order valence-corrected chi connectivity index (χ3v) is 2.25. The summed E-state index contributed by atoms with van der Waals surface area (Å²) in [4.78, 5) is 7.78. The van der Waals surface area contributed by atoms with Crippen LogP contribution in [0.1, 0.15) is 12.5 Å². The van der Waals surface area contributed by atoms with Crippen LogP contribution in [0.4, 0.5) is 5.69 Å². The first-order valence-corrected chi connectivity index (χ1v) is 5.12. The van der Waals surface area contributed by atoms with Gasteiger partial charge in [0.05, 0.1) is 5.69 Å². The number of aromatic nitrogens is 2. The summed E-state index contributed by atoms with van der Waals surface area (Å²) in [6.45, 7) is 2.08. The molecule has 0 unspecified atom stereocenters. The lowest BCUT2D eigenvalue weighted by atomic mass is 10.1. The first kappa shape index (κ1) is 10.4. The average Bonchev–Trinajstić information content (AvgIpc) is 2.33. The van der Waals surface area contributed by atoms with E-state index in [0.29, 0.717) is 17.3 Å². The van der Waals surface area contributed by atoms with E-state index in [4.69, 9.17) is 10.5 Å². The molecule has 0 fully saturated rings. The van der Waals surface area contributed by atoms with Crippen molar-refractivity contribution in [3.63, 3.8) is 0 Å². The summed E-state index contributed by atoms with van der Waals surface area (Å²) in [7, 11) is 0. The minimum Gasteiger partial charge on any atom is -0.437 e. The molecule has 2 aromatic rings. The molecule has 1 aromatic heterocycles. The number of nitrogen functional groups attached to an aromatic ring is 1. The van der Waals surface area contributed by atoms with Crippen molar-refractivity contribution in [3.05, 3.63) is 42.4 Å². The van der Waals surface area contributed by atoms with Gasteiger partial charge in [-0.05, 0) is 24.1 Å². The molecule has 0 amide bonds. The van der Waals surface area contributed by atoms with Crippen LogP contribution < -0.4 is 10.5 Å². The van der Waals surface area contributed by atoms with Gasteiger partial charge in [0, 0.05) is 12.3 Å². The molecule has 16 heavy (non-hydrogen) atoms. The van der Waals surface area contributed by atoms with Crippen molar-refractivity contribution >= 4 is 5.69 Å². The molecule has 0 atom stereocenters. The van der Waals surface area contributed by atoms with Crippen LogP contribution in [0.3, 0.4) is 0 Å². The van der Waals surface area contributed by atoms with Crippen molar-refractivity contribution in [2.45, 2.75) is 13.3 Å². The highest BCUT2D eigenvalue weighted by atomic mass is 16.5. The fraction of sp³-hybridized carbons (Fsp3) is 0.167. The Labute approximate surface area is 94.1 Å². The van der Waals surface area contributed by atoms with Gasteiger partial charge in [0.25, 0.3) is 0 Å². The van der Waals surface area contributed by atoms with E-state index < -0.39 is 0 Å². The summed E-state index contributed by atoms with van der Waals surface area (Å²) >= 11 is 0. The minimum atomic E-state index is 0.492. The Morgan fingerprint density at radius 3 is 2.81 bits per heavy atom. The molecule has 82 valence electrons. The van der Waals surface area contributed by atoms with Gasteiger partial charge in [-0.2, -0.15) is 0 Å². The second-order valence-corrected chi connectivity index (χ2v) is 3.38. The molecule has 4 heteroatoms. The van der Waals surface area contributed by atoms with E-state index in [-0.39, 0.29) is 0 Å². The molecule has 4 nitrogen and oxygen atoms in total. The molecule has 0 aliphatic rings. The smallest absolute Gasteiger partial charge is 0.222 e. The molecule has 0 aliphatic carbocycles. The molecule has 2 N–H and O–H groups in total. The van der Waals surface area contributed by atoms with Gasteiger partial charge in [-0.1, -0.05) is 13.0 Å². The Morgan fingerprint density at radius 2 is 2.19 bits per heavy atom. The minimum absolute atomic E-state index is 0.492. The predicted molar refractivity (Wildman–Crippen MR) is 62.3 cm³/mol. The van der Waals surface area contributed by atoms with E-state index in [2.05, 4.69) is 16.9 Å². The van der Waals surface area contributed by atoms with Gasteiger partial charge >= 0.3 is 0 Å². The van der Waals surface area contributed by atoms with E-state index in [1.54, 1.807) is 12.3 Å². The number of rotatable bonds is 3. The van der Waals surface area contributed by atoms with Crippen LogP contribution in [0.25, 0.3) is 0 Å².